The summed E-state index contributed by atoms with van der Waals surface area (Å²) in [5.74, 6) is 2.11. The topological polar surface area (TPSA) is 70.4 Å². The molecule has 0 aliphatic heterocycles. The first kappa shape index (κ1) is 24.6. The molecule has 0 aliphatic rings. The van der Waals surface area contributed by atoms with E-state index in [9.17, 15) is 0 Å². The van der Waals surface area contributed by atoms with Crippen LogP contribution in [-0.4, -0.2) is 57.8 Å². The number of aliphatic imine (C=N–C) groups is 1. The smallest absolute Gasteiger partial charge is 0.191 e. The van der Waals surface area contributed by atoms with Crippen LogP contribution in [0.1, 0.15) is 26.6 Å². The number of halogens is 1. The fraction of sp³-hybridized carbons (Fsp3) is 0.611. The zero-order valence-electron chi connectivity index (χ0n) is 16.5. The molecule has 0 aliphatic carbocycles. The molecule has 7 nitrogen and oxygen atoms in total. The van der Waals surface area contributed by atoms with Gasteiger partial charge in [-0.15, -0.1) is 37.1 Å². The van der Waals surface area contributed by atoms with E-state index in [4.69, 9.17) is 0 Å². The molecule has 1 unspecified atom stereocenters. The molecule has 26 heavy (non-hydrogen) atoms. The second kappa shape index (κ2) is 13.7. The summed E-state index contributed by atoms with van der Waals surface area (Å²) in [4.78, 5) is 11.2. The molecule has 0 fully saturated rings. The molecule has 2 N–H and O–H groups in total. The molecule has 0 aromatic carbocycles. The van der Waals surface area contributed by atoms with E-state index < -0.39 is 0 Å². The third kappa shape index (κ3) is 8.31. The standard InChI is InChI=1S/C18H33N7.HI/c1-7-10-25(11-8-2)16(15(4)5)12-20-18(19-9-3)21-13-17-22-14-23-24(17)6;/h7-8,14-16H,1-2,9-13H2,3-6H3,(H2,19,20,21);1H. The van der Waals surface area contributed by atoms with Crippen LogP contribution in [0.5, 0.6) is 0 Å². The first-order chi connectivity index (χ1) is 12.0. The van der Waals surface area contributed by atoms with E-state index in [1.165, 1.54) is 0 Å². The third-order valence-electron chi connectivity index (χ3n) is 3.97. The Bertz CT molecular complexity index is 543. The van der Waals surface area contributed by atoms with E-state index in [-0.39, 0.29) is 24.0 Å². The molecular formula is C18H34IN7. The summed E-state index contributed by atoms with van der Waals surface area (Å²) in [7, 11) is 1.87. The van der Waals surface area contributed by atoms with E-state index in [0.29, 0.717) is 18.5 Å². The third-order valence-corrected chi connectivity index (χ3v) is 3.97. The minimum absolute atomic E-state index is 0. The second-order valence-electron chi connectivity index (χ2n) is 6.22. The summed E-state index contributed by atoms with van der Waals surface area (Å²) < 4.78 is 1.74. The molecule has 0 saturated carbocycles. The van der Waals surface area contributed by atoms with Crippen LogP contribution < -0.4 is 10.6 Å². The van der Waals surface area contributed by atoms with Crippen molar-refractivity contribution in [3.8, 4) is 0 Å². The average Bonchev–Trinajstić information content (AvgIpc) is 2.97. The fourth-order valence-electron chi connectivity index (χ4n) is 2.62. The highest BCUT2D eigenvalue weighted by atomic mass is 127. The van der Waals surface area contributed by atoms with Crippen LogP contribution in [0.4, 0.5) is 0 Å². The van der Waals surface area contributed by atoms with Crippen molar-refractivity contribution in [2.75, 3.05) is 26.2 Å². The summed E-state index contributed by atoms with van der Waals surface area (Å²) in [6, 6.07) is 0.356. The van der Waals surface area contributed by atoms with E-state index in [2.05, 4.69) is 64.5 Å². The van der Waals surface area contributed by atoms with Crippen molar-refractivity contribution in [3.05, 3.63) is 37.5 Å². The number of hydrogen-bond acceptors (Lipinski definition) is 4. The Morgan fingerprint density at radius 3 is 2.42 bits per heavy atom. The second-order valence-corrected chi connectivity index (χ2v) is 6.22. The predicted molar refractivity (Wildman–Crippen MR) is 120 cm³/mol. The van der Waals surface area contributed by atoms with Gasteiger partial charge in [0.05, 0.1) is 0 Å². The van der Waals surface area contributed by atoms with Gasteiger partial charge in [0.25, 0.3) is 0 Å². The SMILES string of the molecule is C=CCN(CC=C)C(CNC(=NCc1ncnn1C)NCC)C(C)C.I. The number of aryl methyl sites for hydroxylation is 1. The average molecular weight is 475 g/mol. The Labute approximate surface area is 175 Å². The van der Waals surface area contributed by atoms with Crippen molar-refractivity contribution in [1.82, 2.24) is 30.3 Å². The normalized spacial score (nSPS) is 12.6. The van der Waals surface area contributed by atoms with Gasteiger partial charge in [0, 0.05) is 39.3 Å². The van der Waals surface area contributed by atoms with Crippen molar-refractivity contribution in [3.63, 3.8) is 0 Å². The molecule has 1 aromatic rings. The Hall–Kier alpha value is -1.42. The quantitative estimate of drug-likeness (QED) is 0.222. The minimum Gasteiger partial charge on any atom is -0.357 e. The van der Waals surface area contributed by atoms with Gasteiger partial charge in [0.2, 0.25) is 0 Å². The molecule has 0 radical (unpaired) electrons. The zero-order valence-corrected chi connectivity index (χ0v) is 18.8. The number of rotatable bonds is 11. The van der Waals surface area contributed by atoms with Gasteiger partial charge >= 0.3 is 0 Å². The lowest BCUT2D eigenvalue weighted by Crippen LogP contribution is -2.49. The van der Waals surface area contributed by atoms with Gasteiger partial charge in [-0.25, -0.2) is 9.98 Å². The number of hydrogen-bond donors (Lipinski definition) is 2. The fourth-order valence-corrected chi connectivity index (χ4v) is 2.62. The number of nitrogens with zero attached hydrogens (tertiary/aromatic N) is 5. The Kier molecular flexibility index (Phi) is 13.0. The van der Waals surface area contributed by atoms with Gasteiger partial charge in [0.1, 0.15) is 18.7 Å². The van der Waals surface area contributed by atoms with E-state index in [0.717, 1.165) is 38.0 Å². The molecule has 1 atom stereocenters. The van der Waals surface area contributed by atoms with Crippen molar-refractivity contribution >= 4 is 29.9 Å². The summed E-state index contributed by atoms with van der Waals surface area (Å²) >= 11 is 0. The van der Waals surface area contributed by atoms with Crippen molar-refractivity contribution in [2.24, 2.45) is 18.0 Å². The maximum Gasteiger partial charge on any atom is 0.191 e. The first-order valence-corrected chi connectivity index (χ1v) is 8.84. The van der Waals surface area contributed by atoms with Gasteiger partial charge < -0.3 is 10.6 Å². The van der Waals surface area contributed by atoms with E-state index >= 15 is 0 Å². The highest BCUT2D eigenvalue weighted by Crippen LogP contribution is 2.10. The van der Waals surface area contributed by atoms with Gasteiger partial charge in [0.15, 0.2) is 5.96 Å². The van der Waals surface area contributed by atoms with Gasteiger partial charge in [-0.1, -0.05) is 26.0 Å². The lowest BCUT2D eigenvalue weighted by atomic mass is 10.0. The van der Waals surface area contributed by atoms with Gasteiger partial charge in [-0.2, -0.15) is 5.10 Å². The Balaban J connectivity index is 0.00000625. The Morgan fingerprint density at radius 2 is 1.96 bits per heavy atom. The zero-order chi connectivity index (χ0) is 18.7. The molecule has 0 amide bonds. The molecule has 8 heteroatoms. The molecule has 148 valence electrons. The largest absolute Gasteiger partial charge is 0.357 e. The molecule has 1 aromatic heterocycles. The number of aromatic nitrogens is 3. The summed E-state index contributed by atoms with van der Waals surface area (Å²) in [6.45, 7) is 18.0. The molecule has 0 saturated heterocycles. The predicted octanol–water partition coefficient (Wildman–Crippen LogP) is 2.19. The van der Waals surface area contributed by atoms with E-state index in [1.54, 1.807) is 11.0 Å². The minimum atomic E-state index is 0. The van der Waals surface area contributed by atoms with Gasteiger partial charge in [-0.05, 0) is 12.8 Å². The molecular weight excluding hydrogens is 441 g/mol. The van der Waals surface area contributed by atoms with Crippen LogP contribution >= 0.6 is 24.0 Å². The first-order valence-electron chi connectivity index (χ1n) is 8.84. The lowest BCUT2D eigenvalue weighted by molar-refractivity contribution is 0.190. The van der Waals surface area contributed by atoms with Crippen LogP contribution in [0.3, 0.4) is 0 Å². The van der Waals surface area contributed by atoms with Crippen LogP contribution in [0, 0.1) is 5.92 Å². The Morgan fingerprint density at radius 1 is 1.31 bits per heavy atom. The molecule has 0 bridgehead atoms. The van der Waals surface area contributed by atoms with Crippen molar-refractivity contribution in [2.45, 2.75) is 33.4 Å². The van der Waals surface area contributed by atoms with Crippen molar-refractivity contribution in [1.29, 1.82) is 0 Å². The maximum absolute atomic E-state index is 4.61. The monoisotopic (exact) mass is 475 g/mol. The van der Waals surface area contributed by atoms with Crippen molar-refractivity contribution < 1.29 is 0 Å². The van der Waals surface area contributed by atoms with Crippen LogP contribution in [0.2, 0.25) is 0 Å². The van der Waals surface area contributed by atoms with Gasteiger partial charge in [-0.3, -0.25) is 9.58 Å². The highest BCUT2D eigenvalue weighted by molar-refractivity contribution is 14.0. The highest BCUT2D eigenvalue weighted by Gasteiger charge is 2.20. The molecule has 1 heterocycles. The maximum atomic E-state index is 4.61. The van der Waals surface area contributed by atoms with E-state index in [1.807, 2.05) is 19.2 Å². The molecule has 0 spiro atoms. The summed E-state index contributed by atoms with van der Waals surface area (Å²) in [5, 5.41) is 10.8. The van der Waals surface area contributed by atoms with Crippen LogP contribution in [0.25, 0.3) is 0 Å². The summed E-state index contributed by atoms with van der Waals surface area (Å²) in [6.07, 6.45) is 5.42. The number of guanidine groups is 1. The summed E-state index contributed by atoms with van der Waals surface area (Å²) in [5.41, 5.74) is 0. The molecule has 1 rings (SSSR count). The lowest BCUT2D eigenvalue weighted by Gasteiger charge is -2.33. The number of nitrogens with one attached hydrogen (secondary N) is 2. The van der Waals surface area contributed by atoms with Crippen LogP contribution in [0.15, 0.2) is 36.6 Å². The van der Waals surface area contributed by atoms with Crippen LogP contribution in [-0.2, 0) is 13.6 Å².